The van der Waals surface area contributed by atoms with Gasteiger partial charge in [0, 0.05) is 43.5 Å². The van der Waals surface area contributed by atoms with E-state index in [1.165, 1.54) is 35.5 Å². The van der Waals surface area contributed by atoms with Crippen molar-refractivity contribution in [2.75, 3.05) is 31.1 Å². The van der Waals surface area contributed by atoms with E-state index >= 15 is 0 Å². The highest BCUT2D eigenvalue weighted by Crippen LogP contribution is 2.40. The van der Waals surface area contributed by atoms with E-state index in [-0.39, 0.29) is 18.2 Å². The standard InChI is InChI=1S/C21H25FN4.ClH/c22-17-5-3-14(4-6-17)16-9-12-26(13-16)21-18-7-10-23-11-8-19(18)24-20(25-21)15-1-2-15;/h3-6,15-16,23H,1-2,7-13H2;1H. The Labute approximate surface area is 166 Å². The summed E-state index contributed by atoms with van der Waals surface area (Å²) in [4.78, 5) is 12.4. The van der Waals surface area contributed by atoms with E-state index in [9.17, 15) is 4.39 Å². The molecule has 4 nitrogen and oxygen atoms in total. The fourth-order valence-corrected chi connectivity index (χ4v) is 4.29. The van der Waals surface area contributed by atoms with E-state index in [1.807, 2.05) is 12.1 Å². The van der Waals surface area contributed by atoms with Gasteiger partial charge in [0.2, 0.25) is 0 Å². The molecule has 2 aromatic rings. The number of hydrogen-bond donors (Lipinski definition) is 1. The third kappa shape index (κ3) is 3.81. The molecule has 0 radical (unpaired) electrons. The van der Waals surface area contributed by atoms with Crippen LogP contribution in [0.5, 0.6) is 0 Å². The van der Waals surface area contributed by atoms with Crippen molar-refractivity contribution in [1.82, 2.24) is 15.3 Å². The maximum absolute atomic E-state index is 13.2. The first-order valence-corrected chi connectivity index (χ1v) is 9.89. The van der Waals surface area contributed by atoms with Crippen LogP contribution in [0.15, 0.2) is 24.3 Å². The van der Waals surface area contributed by atoms with Gasteiger partial charge < -0.3 is 10.2 Å². The molecule has 144 valence electrons. The van der Waals surface area contributed by atoms with Crippen molar-refractivity contribution in [3.05, 3.63) is 52.7 Å². The zero-order valence-corrected chi connectivity index (χ0v) is 16.3. The second kappa shape index (κ2) is 7.72. The van der Waals surface area contributed by atoms with E-state index in [0.717, 1.165) is 51.3 Å². The summed E-state index contributed by atoms with van der Waals surface area (Å²) in [7, 11) is 0. The Hall–Kier alpha value is -1.72. The maximum Gasteiger partial charge on any atom is 0.135 e. The fraction of sp³-hybridized carbons (Fsp3) is 0.524. The van der Waals surface area contributed by atoms with E-state index < -0.39 is 0 Å². The van der Waals surface area contributed by atoms with Crippen LogP contribution in [-0.2, 0) is 12.8 Å². The average molecular weight is 389 g/mol. The Kier molecular flexibility index (Phi) is 5.33. The van der Waals surface area contributed by atoms with Crippen molar-refractivity contribution in [3.8, 4) is 0 Å². The Balaban J connectivity index is 0.00000180. The highest BCUT2D eigenvalue weighted by molar-refractivity contribution is 5.85. The summed E-state index contributed by atoms with van der Waals surface area (Å²) in [5, 5.41) is 3.49. The van der Waals surface area contributed by atoms with Crippen molar-refractivity contribution in [1.29, 1.82) is 0 Å². The molecule has 1 unspecified atom stereocenters. The van der Waals surface area contributed by atoms with Crippen LogP contribution in [0.25, 0.3) is 0 Å². The molecule has 3 aliphatic rings. The summed E-state index contributed by atoms with van der Waals surface area (Å²) < 4.78 is 13.2. The second-order valence-electron chi connectivity index (χ2n) is 7.84. The number of aromatic nitrogens is 2. The summed E-state index contributed by atoms with van der Waals surface area (Å²) >= 11 is 0. The monoisotopic (exact) mass is 388 g/mol. The molecule has 0 bridgehead atoms. The molecule has 3 heterocycles. The lowest BCUT2D eigenvalue weighted by atomic mass is 9.98. The van der Waals surface area contributed by atoms with Gasteiger partial charge in [-0.3, -0.25) is 0 Å². The van der Waals surface area contributed by atoms with Gasteiger partial charge in [-0.25, -0.2) is 14.4 Å². The Morgan fingerprint density at radius 3 is 2.52 bits per heavy atom. The lowest BCUT2D eigenvalue weighted by Gasteiger charge is -2.23. The minimum Gasteiger partial charge on any atom is -0.356 e. The molecule has 1 aliphatic carbocycles. The first-order chi connectivity index (χ1) is 12.8. The van der Waals surface area contributed by atoms with Gasteiger partial charge >= 0.3 is 0 Å². The molecule has 1 atom stereocenters. The van der Waals surface area contributed by atoms with Gasteiger partial charge in [0.05, 0.1) is 5.69 Å². The number of halogens is 2. The van der Waals surface area contributed by atoms with Crippen LogP contribution in [0.1, 0.15) is 53.7 Å². The molecule has 0 spiro atoms. The highest BCUT2D eigenvalue weighted by atomic mass is 35.5. The largest absolute Gasteiger partial charge is 0.356 e. The van der Waals surface area contributed by atoms with E-state index in [4.69, 9.17) is 9.97 Å². The summed E-state index contributed by atoms with van der Waals surface area (Å²) in [6, 6.07) is 7.02. The number of benzene rings is 1. The SMILES string of the molecule is Cl.Fc1ccc(C2CCN(c3nc(C4CC4)nc4c3CCNCC4)C2)cc1. The van der Waals surface area contributed by atoms with E-state index in [1.54, 1.807) is 12.1 Å². The predicted octanol–water partition coefficient (Wildman–Crippen LogP) is 3.60. The van der Waals surface area contributed by atoms with Crippen LogP contribution in [0.2, 0.25) is 0 Å². The van der Waals surface area contributed by atoms with Crippen LogP contribution >= 0.6 is 12.4 Å². The van der Waals surface area contributed by atoms with E-state index in [2.05, 4.69) is 10.2 Å². The lowest BCUT2D eigenvalue weighted by Crippen LogP contribution is -2.24. The summed E-state index contributed by atoms with van der Waals surface area (Å²) in [5.74, 6) is 3.10. The van der Waals surface area contributed by atoms with Gasteiger partial charge in [-0.1, -0.05) is 12.1 Å². The first-order valence-electron chi connectivity index (χ1n) is 9.89. The second-order valence-corrected chi connectivity index (χ2v) is 7.84. The average Bonchev–Trinajstić information content (AvgIpc) is 3.43. The molecule has 1 aromatic heterocycles. The number of nitrogens with zero attached hydrogens (tertiary/aromatic N) is 3. The first kappa shape index (κ1) is 18.6. The van der Waals surface area contributed by atoms with Gasteiger partial charge in [0.25, 0.3) is 0 Å². The molecule has 27 heavy (non-hydrogen) atoms. The molecule has 2 aliphatic heterocycles. The van der Waals surface area contributed by atoms with Crippen LogP contribution in [0, 0.1) is 5.82 Å². The van der Waals surface area contributed by atoms with E-state index in [0.29, 0.717) is 11.8 Å². The summed E-state index contributed by atoms with van der Waals surface area (Å²) in [6.07, 6.45) is 5.57. The van der Waals surface area contributed by atoms with Gasteiger partial charge in [0.15, 0.2) is 0 Å². The highest BCUT2D eigenvalue weighted by Gasteiger charge is 2.32. The van der Waals surface area contributed by atoms with Crippen LogP contribution < -0.4 is 10.2 Å². The lowest BCUT2D eigenvalue weighted by molar-refractivity contribution is 0.625. The van der Waals surface area contributed by atoms with Crippen molar-refractivity contribution in [3.63, 3.8) is 0 Å². The smallest absolute Gasteiger partial charge is 0.135 e. The summed E-state index contributed by atoms with van der Waals surface area (Å²) in [5.41, 5.74) is 3.84. The van der Waals surface area contributed by atoms with Crippen LogP contribution in [0.3, 0.4) is 0 Å². The fourth-order valence-electron chi connectivity index (χ4n) is 4.29. The van der Waals surface area contributed by atoms with Gasteiger partial charge in [-0.05, 0) is 49.9 Å². The van der Waals surface area contributed by atoms with Gasteiger partial charge in [0.1, 0.15) is 17.5 Å². The Morgan fingerprint density at radius 2 is 1.74 bits per heavy atom. The molecule has 1 saturated carbocycles. The Bertz CT molecular complexity index is 807. The number of fused-ring (bicyclic) bond motifs is 1. The molecule has 0 amide bonds. The Morgan fingerprint density at radius 1 is 0.963 bits per heavy atom. The third-order valence-electron chi connectivity index (χ3n) is 5.95. The number of rotatable bonds is 3. The molecule has 2 fully saturated rings. The van der Waals surface area contributed by atoms with Crippen LogP contribution in [-0.4, -0.2) is 36.1 Å². The maximum atomic E-state index is 13.2. The molecule has 5 rings (SSSR count). The number of hydrogen-bond acceptors (Lipinski definition) is 4. The van der Waals surface area contributed by atoms with Crippen molar-refractivity contribution >= 4 is 18.2 Å². The van der Waals surface area contributed by atoms with Gasteiger partial charge in [-0.15, -0.1) is 12.4 Å². The number of anilines is 1. The topological polar surface area (TPSA) is 41.1 Å². The molecule has 1 N–H and O–H groups in total. The molecule has 1 saturated heterocycles. The van der Waals surface area contributed by atoms with Crippen molar-refractivity contribution < 1.29 is 4.39 Å². The third-order valence-corrected chi connectivity index (χ3v) is 5.95. The van der Waals surface area contributed by atoms with Crippen molar-refractivity contribution in [2.45, 2.75) is 43.9 Å². The zero-order valence-electron chi connectivity index (χ0n) is 15.5. The molecular formula is C21H26ClFN4. The number of nitrogens with one attached hydrogen (secondary N) is 1. The molecule has 1 aromatic carbocycles. The minimum absolute atomic E-state index is 0. The molecule has 6 heteroatoms. The summed E-state index contributed by atoms with van der Waals surface area (Å²) in [6.45, 7) is 3.99. The normalized spacial score (nSPS) is 22.1. The quantitative estimate of drug-likeness (QED) is 0.872. The zero-order chi connectivity index (χ0) is 17.5. The minimum atomic E-state index is -0.161. The van der Waals surface area contributed by atoms with Gasteiger partial charge in [-0.2, -0.15) is 0 Å². The predicted molar refractivity (Wildman–Crippen MR) is 108 cm³/mol. The van der Waals surface area contributed by atoms with Crippen LogP contribution in [0.4, 0.5) is 10.2 Å². The molecular weight excluding hydrogens is 363 g/mol. The van der Waals surface area contributed by atoms with Crippen molar-refractivity contribution in [2.24, 2.45) is 0 Å².